The number of anilines is 2. The largest absolute Gasteiger partial charge is 0.476 e. The zero-order valence-electron chi connectivity index (χ0n) is 10.5. The number of nitrogen functional groups attached to an aromatic ring is 1. The zero-order chi connectivity index (χ0) is 12.3. The first-order valence-electron chi connectivity index (χ1n) is 6.30. The minimum absolute atomic E-state index is 0.516. The Morgan fingerprint density at radius 2 is 2.12 bits per heavy atom. The van der Waals surface area contributed by atoms with Gasteiger partial charge >= 0.3 is 0 Å². The first kappa shape index (κ1) is 12.0. The van der Waals surface area contributed by atoms with Crippen LogP contribution in [0.4, 0.5) is 11.5 Å². The van der Waals surface area contributed by atoms with Gasteiger partial charge in [0.1, 0.15) is 11.5 Å². The summed E-state index contributed by atoms with van der Waals surface area (Å²) in [4.78, 5) is 8.73. The quantitative estimate of drug-likeness (QED) is 0.790. The Balaban J connectivity index is 2.22. The second kappa shape index (κ2) is 5.21. The molecule has 1 aromatic rings. The van der Waals surface area contributed by atoms with Crippen molar-refractivity contribution in [1.29, 1.82) is 0 Å². The third-order valence-electron chi connectivity index (χ3n) is 2.63. The lowest BCUT2D eigenvalue weighted by atomic mass is 10.4. The van der Waals surface area contributed by atoms with E-state index in [4.69, 9.17) is 10.5 Å². The molecule has 1 aliphatic carbocycles. The highest BCUT2D eigenvalue weighted by Crippen LogP contribution is 2.31. The molecule has 0 aliphatic heterocycles. The van der Waals surface area contributed by atoms with Gasteiger partial charge in [0, 0.05) is 12.5 Å². The molecule has 0 unspecified atom stereocenters. The van der Waals surface area contributed by atoms with E-state index >= 15 is 0 Å². The predicted octanol–water partition coefficient (Wildman–Crippen LogP) is 1.98. The smallest absolute Gasteiger partial charge is 0.242 e. The standard InChI is InChI=1S/C12H20N4O/c1-3-7-17-12-10(13)11(14-8-5-6-8)15-9(4-2)16-12/h8H,3-7,13H2,1-2H3,(H,14,15,16). The van der Waals surface area contributed by atoms with Gasteiger partial charge in [-0.2, -0.15) is 4.98 Å². The molecule has 1 saturated carbocycles. The van der Waals surface area contributed by atoms with Gasteiger partial charge in [0.25, 0.3) is 0 Å². The number of nitrogens with two attached hydrogens (primary N) is 1. The fraction of sp³-hybridized carbons (Fsp3) is 0.667. The Morgan fingerprint density at radius 1 is 1.35 bits per heavy atom. The van der Waals surface area contributed by atoms with Crippen molar-refractivity contribution in [3.8, 4) is 5.88 Å². The van der Waals surface area contributed by atoms with Gasteiger partial charge in [0.15, 0.2) is 5.82 Å². The summed E-state index contributed by atoms with van der Waals surface area (Å²) >= 11 is 0. The molecule has 0 spiro atoms. The van der Waals surface area contributed by atoms with Crippen LogP contribution in [0.1, 0.15) is 38.9 Å². The normalized spacial score (nSPS) is 14.7. The minimum atomic E-state index is 0.516. The lowest BCUT2D eigenvalue weighted by Crippen LogP contribution is -2.12. The summed E-state index contributed by atoms with van der Waals surface area (Å²) in [5.41, 5.74) is 6.54. The molecule has 1 fully saturated rings. The Bertz CT molecular complexity index is 390. The van der Waals surface area contributed by atoms with E-state index in [0.717, 1.165) is 24.5 Å². The summed E-state index contributed by atoms with van der Waals surface area (Å²) in [6.07, 6.45) is 4.10. The number of aromatic nitrogens is 2. The van der Waals surface area contributed by atoms with Gasteiger partial charge in [0.05, 0.1) is 6.61 Å². The topological polar surface area (TPSA) is 73.1 Å². The molecule has 0 bridgehead atoms. The van der Waals surface area contributed by atoms with Crippen molar-refractivity contribution in [2.45, 2.75) is 45.6 Å². The fourth-order valence-corrected chi connectivity index (χ4v) is 1.49. The SMILES string of the molecule is CCCOc1nc(CC)nc(NC2CC2)c1N. The summed E-state index contributed by atoms with van der Waals surface area (Å²) in [6, 6.07) is 0.524. The fourth-order valence-electron chi connectivity index (χ4n) is 1.49. The van der Waals surface area contributed by atoms with Crippen LogP contribution in [0.15, 0.2) is 0 Å². The van der Waals surface area contributed by atoms with E-state index in [0.29, 0.717) is 24.2 Å². The van der Waals surface area contributed by atoms with Gasteiger partial charge in [-0.15, -0.1) is 0 Å². The van der Waals surface area contributed by atoms with Crippen molar-refractivity contribution < 1.29 is 4.74 Å². The van der Waals surface area contributed by atoms with Crippen molar-refractivity contribution in [2.24, 2.45) is 0 Å². The van der Waals surface area contributed by atoms with E-state index < -0.39 is 0 Å². The molecular weight excluding hydrogens is 216 g/mol. The average molecular weight is 236 g/mol. The van der Waals surface area contributed by atoms with Gasteiger partial charge in [-0.05, 0) is 19.3 Å². The highest BCUT2D eigenvalue weighted by Gasteiger charge is 2.23. The number of nitrogens with one attached hydrogen (secondary N) is 1. The van der Waals surface area contributed by atoms with Crippen LogP contribution < -0.4 is 15.8 Å². The van der Waals surface area contributed by atoms with Gasteiger partial charge < -0.3 is 15.8 Å². The number of hydrogen-bond donors (Lipinski definition) is 2. The first-order chi connectivity index (χ1) is 8.24. The molecule has 94 valence electrons. The average Bonchev–Trinajstić information content (AvgIpc) is 3.14. The molecule has 1 heterocycles. The summed E-state index contributed by atoms with van der Waals surface area (Å²) in [7, 11) is 0. The molecule has 5 heteroatoms. The van der Waals surface area contributed by atoms with Crippen molar-refractivity contribution in [1.82, 2.24) is 9.97 Å². The molecule has 1 aromatic heterocycles. The summed E-state index contributed by atoms with van der Waals surface area (Å²) in [5, 5.41) is 3.32. The third kappa shape index (κ3) is 2.99. The van der Waals surface area contributed by atoms with Gasteiger partial charge in [-0.25, -0.2) is 4.98 Å². The van der Waals surface area contributed by atoms with E-state index in [1.165, 1.54) is 12.8 Å². The van der Waals surface area contributed by atoms with Crippen molar-refractivity contribution >= 4 is 11.5 Å². The molecule has 0 radical (unpaired) electrons. The van der Waals surface area contributed by atoms with Crippen LogP contribution in [0.2, 0.25) is 0 Å². The number of hydrogen-bond acceptors (Lipinski definition) is 5. The zero-order valence-corrected chi connectivity index (χ0v) is 10.5. The Hall–Kier alpha value is -1.52. The Kier molecular flexibility index (Phi) is 3.66. The van der Waals surface area contributed by atoms with Crippen LogP contribution in [-0.2, 0) is 6.42 Å². The molecule has 0 aromatic carbocycles. The summed E-state index contributed by atoms with van der Waals surface area (Å²) in [6.45, 7) is 4.71. The lowest BCUT2D eigenvalue weighted by molar-refractivity contribution is 0.305. The van der Waals surface area contributed by atoms with E-state index in [9.17, 15) is 0 Å². The highest BCUT2D eigenvalue weighted by molar-refractivity contribution is 5.67. The summed E-state index contributed by atoms with van der Waals surface area (Å²) in [5.74, 6) is 2.01. The van der Waals surface area contributed by atoms with E-state index in [1.54, 1.807) is 0 Å². The van der Waals surface area contributed by atoms with Crippen molar-refractivity contribution in [2.75, 3.05) is 17.7 Å². The van der Waals surface area contributed by atoms with Gasteiger partial charge in [0.2, 0.25) is 5.88 Å². The van der Waals surface area contributed by atoms with Gasteiger partial charge in [-0.1, -0.05) is 13.8 Å². The number of ether oxygens (including phenoxy) is 1. The molecule has 2 rings (SSSR count). The van der Waals surface area contributed by atoms with Crippen molar-refractivity contribution in [3.63, 3.8) is 0 Å². The molecule has 17 heavy (non-hydrogen) atoms. The van der Waals surface area contributed by atoms with Crippen LogP contribution >= 0.6 is 0 Å². The van der Waals surface area contributed by atoms with Crippen LogP contribution in [0.5, 0.6) is 5.88 Å². The monoisotopic (exact) mass is 236 g/mol. The van der Waals surface area contributed by atoms with Crippen molar-refractivity contribution in [3.05, 3.63) is 5.82 Å². The Morgan fingerprint density at radius 3 is 2.71 bits per heavy atom. The predicted molar refractivity (Wildman–Crippen MR) is 68.3 cm³/mol. The minimum Gasteiger partial charge on any atom is -0.476 e. The summed E-state index contributed by atoms with van der Waals surface area (Å²) < 4.78 is 5.55. The lowest BCUT2D eigenvalue weighted by Gasteiger charge is -2.13. The number of rotatable bonds is 6. The van der Waals surface area contributed by atoms with Gasteiger partial charge in [-0.3, -0.25) is 0 Å². The molecule has 5 nitrogen and oxygen atoms in total. The molecule has 0 amide bonds. The second-order valence-corrected chi connectivity index (χ2v) is 4.33. The molecular formula is C12H20N4O. The maximum Gasteiger partial charge on any atom is 0.242 e. The first-order valence-corrected chi connectivity index (χ1v) is 6.30. The molecule has 0 atom stereocenters. The van der Waals surface area contributed by atoms with Crippen LogP contribution in [0, 0.1) is 0 Å². The molecule has 0 saturated heterocycles. The van der Waals surface area contributed by atoms with Crippen LogP contribution in [-0.4, -0.2) is 22.6 Å². The van der Waals surface area contributed by atoms with E-state index in [1.807, 2.05) is 6.92 Å². The second-order valence-electron chi connectivity index (χ2n) is 4.33. The van der Waals surface area contributed by atoms with E-state index in [2.05, 4.69) is 22.2 Å². The molecule has 1 aliphatic rings. The van der Waals surface area contributed by atoms with E-state index in [-0.39, 0.29) is 0 Å². The maximum atomic E-state index is 6.01. The Labute approximate surface area is 102 Å². The van der Waals surface area contributed by atoms with Crippen LogP contribution in [0.3, 0.4) is 0 Å². The number of aryl methyl sites for hydroxylation is 1. The highest BCUT2D eigenvalue weighted by atomic mass is 16.5. The maximum absolute atomic E-state index is 6.01. The third-order valence-corrected chi connectivity index (χ3v) is 2.63. The number of nitrogens with zero attached hydrogens (tertiary/aromatic N) is 2. The van der Waals surface area contributed by atoms with Crippen LogP contribution in [0.25, 0.3) is 0 Å². The molecule has 3 N–H and O–H groups in total.